The van der Waals surface area contributed by atoms with Crippen molar-refractivity contribution < 1.29 is 9.18 Å². The van der Waals surface area contributed by atoms with Crippen LogP contribution in [0.2, 0.25) is 5.02 Å². The van der Waals surface area contributed by atoms with Crippen LogP contribution in [0.3, 0.4) is 0 Å². The summed E-state index contributed by atoms with van der Waals surface area (Å²) in [5.74, 6) is -0.902. The lowest BCUT2D eigenvalue weighted by atomic mass is 10.2. The van der Waals surface area contributed by atoms with Gasteiger partial charge < -0.3 is 5.32 Å². The maximum atomic E-state index is 12.5. The van der Waals surface area contributed by atoms with E-state index in [1.165, 1.54) is 6.07 Å². The van der Waals surface area contributed by atoms with Gasteiger partial charge >= 0.3 is 0 Å². The minimum atomic E-state index is -0.472. The van der Waals surface area contributed by atoms with E-state index in [4.69, 9.17) is 11.6 Å². The molecule has 1 rings (SSSR count). The van der Waals surface area contributed by atoms with Gasteiger partial charge in [0.15, 0.2) is 0 Å². The molecule has 2 nitrogen and oxygen atoms in total. The van der Waals surface area contributed by atoms with Crippen molar-refractivity contribution in [3.05, 3.63) is 41.7 Å². The number of rotatable bonds is 1. The molecule has 0 aliphatic rings. The molecular formula is C8H6ClFNO. The average molecular weight is 187 g/mol. The molecule has 1 radical (unpaired) electrons. The van der Waals surface area contributed by atoms with Crippen molar-refractivity contribution in [2.45, 2.75) is 0 Å². The van der Waals surface area contributed by atoms with Crippen LogP contribution in [0.15, 0.2) is 18.2 Å². The molecule has 1 N–H and O–H groups in total. The largest absolute Gasteiger partial charge is 0.350 e. The fourth-order valence-corrected chi connectivity index (χ4v) is 1.02. The second-order valence-electron chi connectivity index (χ2n) is 2.13. The molecule has 0 unspecified atom stereocenters. The van der Waals surface area contributed by atoms with Gasteiger partial charge in [0.05, 0.1) is 10.6 Å². The number of hydrogen-bond donors (Lipinski definition) is 1. The number of carbonyl (C=O) groups excluding carboxylic acids is 1. The molecule has 0 saturated heterocycles. The third-order valence-corrected chi connectivity index (χ3v) is 1.65. The Morgan fingerprint density at radius 2 is 2.25 bits per heavy atom. The summed E-state index contributed by atoms with van der Waals surface area (Å²) in [6.07, 6.45) is 0. The van der Waals surface area contributed by atoms with Crippen LogP contribution in [0.25, 0.3) is 0 Å². The SMILES string of the molecule is [CH2]NC(=O)c1ccc(F)cc1Cl. The summed E-state index contributed by atoms with van der Waals surface area (Å²) in [5.41, 5.74) is 0.216. The van der Waals surface area contributed by atoms with Crippen molar-refractivity contribution >= 4 is 17.5 Å². The van der Waals surface area contributed by atoms with Crippen LogP contribution in [0.4, 0.5) is 4.39 Å². The highest BCUT2D eigenvalue weighted by Gasteiger charge is 2.08. The van der Waals surface area contributed by atoms with Gasteiger partial charge in [-0.3, -0.25) is 4.79 Å². The fourth-order valence-electron chi connectivity index (χ4n) is 0.769. The van der Waals surface area contributed by atoms with Gasteiger partial charge in [0.1, 0.15) is 5.82 Å². The second kappa shape index (κ2) is 3.54. The van der Waals surface area contributed by atoms with Crippen LogP contribution in [0.5, 0.6) is 0 Å². The molecule has 0 heterocycles. The van der Waals surface area contributed by atoms with E-state index in [9.17, 15) is 9.18 Å². The predicted molar refractivity (Wildman–Crippen MR) is 44.2 cm³/mol. The molecule has 0 aliphatic carbocycles. The summed E-state index contributed by atoms with van der Waals surface area (Å²) in [6.45, 7) is 0. The number of hydrogen-bond acceptors (Lipinski definition) is 1. The minimum Gasteiger partial charge on any atom is -0.350 e. The van der Waals surface area contributed by atoms with E-state index < -0.39 is 11.7 Å². The number of benzene rings is 1. The van der Waals surface area contributed by atoms with Crippen LogP contribution in [-0.2, 0) is 0 Å². The number of carbonyl (C=O) groups is 1. The second-order valence-corrected chi connectivity index (χ2v) is 2.54. The van der Waals surface area contributed by atoms with E-state index in [0.717, 1.165) is 12.1 Å². The topological polar surface area (TPSA) is 29.1 Å². The summed E-state index contributed by atoms with van der Waals surface area (Å²) < 4.78 is 12.5. The predicted octanol–water partition coefficient (Wildman–Crippen LogP) is 2.00. The molecule has 0 bridgehead atoms. The molecule has 0 spiro atoms. The van der Waals surface area contributed by atoms with E-state index in [-0.39, 0.29) is 10.6 Å². The standard InChI is InChI=1S/C8H6ClFNO/c1-11-8(12)6-3-2-5(10)4-7(6)9/h2-4H,1H2,(H,11,12). The van der Waals surface area contributed by atoms with Gasteiger partial charge in [0.25, 0.3) is 5.91 Å². The van der Waals surface area contributed by atoms with Gasteiger partial charge in [-0.2, -0.15) is 0 Å². The highest BCUT2D eigenvalue weighted by Crippen LogP contribution is 2.16. The Hall–Kier alpha value is -1.09. The summed E-state index contributed by atoms with van der Waals surface area (Å²) in [7, 11) is 3.17. The molecule has 0 saturated carbocycles. The molecule has 0 fully saturated rings. The summed E-state index contributed by atoms with van der Waals surface area (Å²) in [4.78, 5) is 11.0. The van der Waals surface area contributed by atoms with Crippen molar-refractivity contribution in [2.75, 3.05) is 0 Å². The Kier molecular flexibility index (Phi) is 2.65. The van der Waals surface area contributed by atoms with Crippen LogP contribution < -0.4 is 5.32 Å². The molecular weight excluding hydrogens is 181 g/mol. The third-order valence-electron chi connectivity index (χ3n) is 1.34. The van der Waals surface area contributed by atoms with Crippen LogP contribution in [-0.4, -0.2) is 5.91 Å². The van der Waals surface area contributed by atoms with Crippen molar-refractivity contribution in [3.8, 4) is 0 Å². The zero-order valence-electron chi connectivity index (χ0n) is 6.10. The molecule has 1 amide bonds. The van der Waals surface area contributed by atoms with E-state index in [2.05, 4.69) is 12.4 Å². The summed E-state index contributed by atoms with van der Waals surface area (Å²) in [5, 5.41) is 2.23. The Labute approximate surface area is 74.3 Å². The molecule has 1 aromatic carbocycles. The summed E-state index contributed by atoms with van der Waals surface area (Å²) >= 11 is 5.57. The average Bonchev–Trinajstić information content (AvgIpc) is 2.03. The van der Waals surface area contributed by atoms with Crippen LogP contribution in [0, 0.1) is 12.9 Å². The first-order valence-corrected chi connectivity index (χ1v) is 3.55. The lowest BCUT2D eigenvalue weighted by molar-refractivity contribution is 0.0969. The Bertz CT molecular complexity index is 314. The monoisotopic (exact) mass is 186 g/mol. The smallest absolute Gasteiger partial charge is 0.252 e. The highest BCUT2D eigenvalue weighted by molar-refractivity contribution is 6.33. The lowest BCUT2D eigenvalue weighted by Gasteiger charge is -2.01. The van der Waals surface area contributed by atoms with Gasteiger partial charge in [0.2, 0.25) is 0 Å². The van der Waals surface area contributed by atoms with Gasteiger partial charge in [-0.05, 0) is 18.2 Å². The van der Waals surface area contributed by atoms with Crippen LogP contribution in [0.1, 0.15) is 10.4 Å². The number of amides is 1. The molecule has 0 aliphatic heterocycles. The first kappa shape index (κ1) is 9.00. The number of halogens is 2. The molecule has 1 aromatic rings. The van der Waals surface area contributed by atoms with Gasteiger partial charge in [0, 0.05) is 7.05 Å². The van der Waals surface area contributed by atoms with Crippen molar-refractivity contribution in [1.29, 1.82) is 0 Å². The third kappa shape index (κ3) is 1.74. The zero-order chi connectivity index (χ0) is 9.14. The van der Waals surface area contributed by atoms with Crippen molar-refractivity contribution in [1.82, 2.24) is 5.32 Å². The first-order valence-electron chi connectivity index (χ1n) is 3.17. The van der Waals surface area contributed by atoms with E-state index >= 15 is 0 Å². The maximum absolute atomic E-state index is 12.5. The Morgan fingerprint density at radius 1 is 1.58 bits per heavy atom. The van der Waals surface area contributed by atoms with E-state index in [0.29, 0.717) is 0 Å². The fraction of sp³-hybridized carbons (Fsp3) is 0. The molecule has 4 heteroatoms. The van der Waals surface area contributed by atoms with Crippen molar-refractivity contribution in [3.63, 3.8) is 0 Å². The molecule has 63 valence electrons. The lowest BCUT2D eigenvalue weighted by Crippen LogP contribution is -2.15. The van der Waals surface area contributed by atoms with Gasteiger partial charge in [-0.15, -0.1) is 0 Å². The zero-order valence-corrected chi connectivity index (χ0v) is 6.86. The maximum Gasteiger partial charge on any atom is 0.252 e. The Morgan fingerprint density at radius 3 is 2.75 bits per heavy atom. The van der Waals surface area contributed by atoms with E-state index in [1.54, 1.807) is 0 Å². The van der Waals surface area contributed by atoms with Gasteiger partial charge in [-0.1, -0.05) is 11.6 Å². The molecule has 0 atom stereocenters. The van der Waals surface area contributed by atoms with Crippen molar-refractivity contribution in [2.24, 2.45) is 0 Å². The number of nitrogens with one attached hydrogen (secondary N) is 1. The highest BCUT2D eigenvalue weighted by atomic mass is 35.5. The molecule has 12 heavy (non-hydrogen) atoms. The first-order chi connectivity index (χ1) is 5.65. The quantitative estimate of drug-likeness (QED) is 0.714. The normalized spacial score (nSPS) is 9.58. The van der Waals surface area contributed by atoms with Crippen LogP contribution >= 0.6 is 11.6 Å². The van der Waals surface area contributed by atoms with Gasteiger partial charge in [-0.25, -0.2) is 4.39 Å². The molecule has 0 aromatic heterocycles. The summed E-state index contributed by atoms with van der Waals surface area (Å²) in [6, 6.07) is 3.54. The Balaban J connectivity index is 3.09. The minimum absolute atomic E-state index is 0.0798. The van der Waals surface area contributed by atoms with E-state index in [1.807, 2.05) is 0 Å².